The number of rotatable bonds is 3. The summed E-state index contributed by atoms with van der Waals surface area (Å²) in [6.45, 7) is 5.27. The van der Waals surface area contributed by atoms with Gasteiger partial charge in [0.15, 0.2) is 5.96 Å². The Labute approximate surface area is 125 Å². The molecule has 0 saturated carbocycles. The van der Waals surface area contributed by atoms with Gasteiger partial charge in [-0.1, -0.05) is 6.07 Å². The zero-order chi connectivity index (χ0) is 13.9. The lowest BCUT2D eigenvalue weighted by atomic mass is 9.88. The molecule has 20 heavy (non-hydrogen) atoms. The summed E-state index contributed by atoms with van der Waals surface area (Å²) in [4.78, 5) is 8.49. The van der Waals surface area contributed by atoms with Gasteiger partial charge in [0.05, 0.1) is 6.54 Å². The van der Waals surface area contributed by atoms with E-state index >= 15 is 0 Å². The van der Waals surface area contributed by atoms with E-state index in [0.29, 0.717) is 18.0 Å². The highest BCUT2D eigenvalue weighted by atomic mass is 32.1. The molecular formula is C15H24N4S. The van der Waals surface area contributed by atoms with Crippen LogP contribution in [0.15, 0.2) is 22.5 Å². The third-order valence-electron chi connectivity index (χ3n) is 4.28. The predicted octanol–water partition coefficient (Wildman–Crippen LogP) is 2.07. The van der Waals surface area contributed by atoms with Crippen molar-refractivity contribution in [2.75, 3.05) is 26.7 Å². The van der Waals surface area contributed by atoms with Gasteiger partial charge in [0.25, 0.3) is 0 Å². The van der Waals surface area contributed by atoms with Crippen LogP contribution in [0.1, 0.15) is 30.7 Å². The SMILES string of the molecule is CC1CN=C(NCC2CCCN(C)C2c2cccs2)N1. The van der Waals surface area contributed by atoms with Crippen molar-refractivity contribution in [3.8, 4) is 0 Å². The average Bonchev–Trinajstić information content (AvgIpc) is 3.08. The average molecular weight is 292 g/mol. The highest BCUT2D eigenvalue weighted by Gasteiger charge is 2.31. The van der Waals surface area contributed by atoms with Gasteiger partial charge >= 0.3 is 0 Å². The number of nitrogens with zero attached hydrogens (tertiary/aromatic N) is 2. The van der Waals surface area contributed by atoms with Gasteiger partial charge in [0.1, 0.15) is 0 Å². The van der Waals surface area contributed by atoms with E-state index < -0.39 is 0 Å². The van der Waals surface area contributed by atoms with Crippen LogP contribution in [0.25, 0.3) is 0 Å². The Bertz CT molecular complexity index is 456. The van der Waals surface area contributed by atoms with E-state index in [0.717, 1.165) is 19.0 Å². The molecular weight excluding hydrogens is 268 g/mol. The molecule has 0 radical (unpaired) electrons. The first-order valence-electron chi connectivity index (χ1n) is 7.52. The molecule has 5 heteroatoms. The summed E-state index contributed by atoms with van der Waals surface area (Å²) >= 11 is 1.88. The Morgan fingerprint density at radius 2 is 2.45 bits per heavy atom. The Kier molecular flexibility index (Phi) is 4.27. The maximum Gasteiger partial charge on any atom is 0.191 e. The van der Waals surface area contributed by atoms with Crippen molar-refractivity contribution in [3.63, 3.8) is 0 Å². The van der Waals surface area contributed by atoms with Crippen LogP contribution >= 0.6 is 11.3 Å². The third kappa shape index (κ3) is 2.99. The largest absolute Gasteiger partial charge is 0.356 e. The standard InChI is InChI=1S/C15H24N4S/c1-11-9-16-15(18-11)17-10-12-5-3-7-19(2)14(12)13-6-4-8-20-13/h4,6,8,11-12,14H,3,5,7,9-10H2,1-2H3,(H2,16,17,18). The molecule has 2 N–H and O–H groups in total. The molecule has 2 aliphatic rings. The first kappa shape index (κ1) is 13.9. The number of piperidine rings is 1. The number of nitrogens with one attached hydrogen (secondary N) is 2. The lowest BCUT2D eigenvalue weighted by molar-refractivity contribution is 0.125. The molecule has 0 aliphatic carbocycles. The van der Waals surface area contributed by atoms with Crippen LogP contribution in [0.5, 0.6) is 0 Å². The Morgan fingerprint density at radius 3 is 3.15 bits per heavy atom. The lowest BCUT2D eigenvalue weighted by Gasteiger charge is -2.39. The van der Waals surface area contributed by atoms with E-state index in [4.69, 9.17) is 0 Å². The molecule has 110 valence electrons. The second-order valence-electron chi connectivity index (χ2n) is 5.96. The topological polar surface area (TPSA) is 39.7 Å². The van der Waals surface area contributed by atoms with E-state index in [-0.39, 0.29) is 0 Å². The monoisotopic (exact) mass is 292 g/mol. The number of hydrogen-bond donors (Lipinski definition) is 2. The number of guanidine groups is 1. The summed E-state index contributed by atoms with van der Waals surface area (Å²) in [5.74, 6) is 1.64. The van der Waals surface area contributed by atoms with Crippen LogP contribution < -0.4 is 10.6 Å². The van der Waals surface area contributed by atoms with E-state index in [1.807, 2.05) is 11.3 Å². The van der Waals surface area contributed by atoms with Crippen LogP contribution in [0.3, 0.4) is 0 Å². The molecule has 0 aromatic carbocycles. The molecule has 1 saturated heterocycles. The summed E-state index contributed by atoms with van der Waals surface area (Å²) in [5, 5.41) is 9.08. The fourth-order valence-electron chi connectivity index (χ4n) is 3.27. The minimum Gasteiger partial charge on any atom is -0.356 e. The highest BCUT2D eigenvalue weighted by molar-refractivity contribution is 7.10. The predicted molar refractivity (Wildman–Crippen MR) is 85.3 cm³/mol. The molecule has 3 heterocycles. The minimum absolute atomic E-state index is 0.472. The van der Waals surface area contributed by atoms with Crippen LogP contribution in [0.2, 0.25) is 0 Å². The minimum atomic E-state index is 0.472. The van der Waals surface area contributed by atoms with Gasteiger partial charge in [0.2, 0.25) is 0 Å². The van der Waals surface area contributed by atoms with Gasteiger partial charge in [0, 0.05) is 23.5 Å². The molecule has 1 aromatic rings. The normalized spacial score (nSPS) is 30.9. The summed E-state index contributed by atoms with van der Waals surface area (Å²) in [5.41, 5.74) is 0. The van der Waals surface area contributed by atoms with Gasteiger partial charge < -0.3 is 10.6 Å². The highest BCUT2D eigenvalue weighted by Crippen LogP contribution is 2.36. The van der Waals surface area contributed by atoms with E-state index in [1.54, 1.807) is 0 Å². The van der Waals surface area contributed by atoms with Crippen molar-refractivity contribution in [3.05, 3.63) is 22.4 Å². The molecule has 1 aromatic heterocycles. The van der Waals surface area contributed by atoms with Crippen molar-refractivity contribution >= 4 is 17.3 Å². The Balaban J connectivity index is 1.64. The summed E-state index contributed by atoms with van der Waals surface area (Å²) < 4.78 is 0. The second kappa shape index (κ2) is 6.14. The van der Waals surface area contributed by atoms with Crippen LogP contribution in [-0.2, 0) is 0 Å². The van der Waals surface area contributed by atoms with Gasteiger partial charge in [-0.15, -0.1) is 11.3 Å². The summed E-state index contributed by atoms with van der Waals surface area (Å²) in [6, 6.07) is 5.46. The zero-order valence-corrected chi connectivity index (χ0v) is 13.1. The van der Waals surface area contributed by atoms with Crippen LogP contribution in [0.4, 0.5) is 0 Å². The lowest BCUT2D eigenvalue weighted by Crippen LogP contribution is -2.44. The number of aliphatic imine (C=N–C) groups is 1. The summed E-state index contributed by atoms with van der Waals surface area (Å²) in [7, 11) is 2.25. The quantitative estimate of drug-likeness (QED) is 0.896. The maximum absolute atomic E-state index is 4.49. The first-order valence-corrected chi connectivity index (χ1v) is 8.40. The van der Waals surface area contributed by atoms with Crippen molar-refractivity contribution in [1.82, 2.24) is 15.5 Å². The third-order valence-corrected chi connectivity index (χ3v) is 5.22. The Hall–Kier alpha value is -1.07. The molecule has 1 fully saturated rings. The molecule has 0 amide bonds. The smallest absolute Gasteiger partial charge is 0.191 e. The molecule has 0 spiro atoms. The molecule has 4 nitrogen and oxygen atoms in total. The van der Waals surface area contributed by atoms with Crippen LogP contribution in [-0.4, -0.2) is 43.6 Å². The van der Waals surface area contributed by atoms with E-state index in [1.165, 1.54) is 24.3 Å². The van der Waals surface area contributed by atoms with Gasteiger partial charge in [-0.25, -0.2) is 0 Å². The van der Waals surface area contributed by atoms with Crippen molar-refractivity contribution in [1.29, 1.82) is 0 Å². The second-order valence-corrected chi connectivity index (χ2v) is 6.94. The molecule has 3 unspecified atom stereocenters. The zero-order valence-electron chi connectivity index (χ0n) is 12.3. The van der Waals surface area contributed by atoms with Crippen LogP contribution in [0, 0.1) is 5.92 Å². The first-order chi connectivity index (χ1) is 9.74. The Morgan fingerprint density at radius 1 is 1.55 bits per heavy atom. The molecule has 3 atom stereocenters. The van der Waals surface area contributed by atoms with Gasteiger partial charge in [-0.3, -0.25) is 9.89 Å². The van der Waals surface area contributed by atoms with E-state index in [9.17, 15) is 0 Å². The molecule has 2 aliphatic heterocycles. The fourth-order valence-corrected chi connectivity index (χ4v) is 4.25. The maximum atomic E-state index is 4.49. The fraction of sp³-hybridized carbons (Fsp3) is 0.667. The number of thiophene rings is 1. The number of hydrogen-bond acceptors (Lipinski definition) is 5. The van der Waals surface area contributed by atoms with Crippen molar-refractivity contribution < 1.29 is 0 Å². The molecule has 3 rings (SSSR count). The summed E-state index contributed by atoms with van der Waals surface area (Å²) in [6.07, 6.45) is 2.59. The molecule has 0 bridgehead atoms. The van der Waals surface area contributed by atoms with Crippen molar-refractivity contribution in [2.24, 2.45) is 10.9 Å². The van der Waals surface area contributed by atoms with E-state index in [2.05, 4.69) is 52.0 Å². The van der Waals surface area contributed by atoms with Gasteiger partial charge in [-0.2, -0.15) is 0 Å². The number of likely N-dealkylation sites (tertiary alicyclic amines) is 1. The van der Waals surface area contributed by atoms with Gasteiger partial charge in [-0.05, 0) is 50.7 Å². The van der Waals surface area contributed by atoms with Crippen molar-refractivity contribution in [2.45, 2.75) is 31.8 Å².